The van der Waals surface area contributed by atoms with E-state index in [9.17, 15) is 13.2 Å². The van der Waals surface area contributed by atoms with Crippen LogP contribution in [0.3, 0.4) is 0 Å². The van der Waals surface area contributed by atoms with E-state index >= 15 is 0 Å². The normalized spacial score (nSPS) is 16.5. The molecule has 1 aliphatic heterocycles. The first kappa shape index (κ1) is 20.5. The van der Waals surface area contributed by atoms with Crippen LogP contribution < -0.4 is 5.32 Å². The molecule has 0 unspecified atom stereocenters. The van der Waals surface area contributed by atoms with E-state index in [0.717, 1.165) is 18.5 Å². The minimum atomic E-state index is -3.51. The minimum Gasteiger partial charge on any atom is -0.307 e. The molecule has 7 nitrogen and oxygen atoms in total. The zero-order chi connectivity index (χ0) is 20.5. The highest BCUT2D eigenvalue weighted by Crippen LogP contribution is 2.24. The van der Waals surface area contributed by atoms with Crippen LogP contribution in [0.25, 0.3) is 0 Å². The maximum Gasteiger partial charge on any atom is 0.256 e. The van der Waals surface area contributed by atoms with Crippen LogP contribution in [0, 0.1) is 12.8 Å². The van der Waals surface area contributed by atoms with Crippen molar-refractivity contribution in [3.05, 3.63) is 41.6 Å². The number of aromatic nitrogens is 2. The summed E-state index contributed by atoms with van der Waals surface area (Å²) in [5.41, 5.74) is 1.22. The van der Waals surface area contributed by atoms with Gasteiger partial charge in [0.2, 0.25) is 10.0 Å². The fourth-order valence-corrected chi connectivity index (χ4v) is 4.81. The Morgan fingerprint density at radius 3 is 2.36 bits per heavy atom. The van der Waals surface area contributed by atoms with Gasteiger partial charge in [0.15, 0.2) is 0 Å². The Labute approximate surface area is 166 Å². The van der Waals surface area contributed by atoms with E-state index in [1.807, 2.05) is 26.8 Å². The molecule has 1 aromatic heterocycles. The van der Waals surface area contributed by atoms with Crippen LogP contribution in [-0.4, -0.2) is 41.5 Å². The number of hydrogen-bond donors (Lipinski definition) is 1. The molecule has 0 atom stereocenters. The number of anilines is 1. The van der Waals surface area contributed by atoms with Gasteiger partial charge in [0.25, 0.3) is 5.91 Å². The highest BCUT2D eigenvalue weighted by molar-refractivity contribution is 7.89. The third-order valence-corrected chi connectivity index (χ3v) is 7.00. The molecule has 1 aliphatic rings. The number of carbonyl (C=O) groups is 1. The lowest BCUT2D eigenvalue weighted by molar-refractivity contribution is 0.102. The second kappa shape index (κ2) is 8.05. The molecule has 152 valence electrons. The summed E-state index contributed by atoms with van der Waals surface area (Å²) in [7, 11) is -3.51. The summed E-state index contributed by atoms with van der Waals surface area (Å²) >= 11 is 0. The van der Waals surface area contributed by atoms with Gasteiger partial charge in [-0.25, -0.2) is 13.1 Å². The molecule has 0 radical (unpaired) electrons. The average molecular weight is 405 g/mol. The van der Waals surface area contributed by atoms with Gasteiger partial charge in [0, 0.05) is 30.8 Å². The van der Waals surface area contributed by atoms with Gasteiger partial charge in [0.05, 0.1) is 10.6 Å². The Kier molecular flexibility index (Phi) is 5.90. The number of sulfonamides is 1. The Hall–Kier alpha value is -2.19. The summed E-state index contributed by atoms with van der Waals surface area (Å²) < 4.78 is 28.9. The lowest BCUT2D eigenvalue weighted by Gasteiger charge is -2.29. The number of piperidine rings is 1. The van der Waals surface area contributed by atoms with Gasteiger partial charge in [-0.2, -0.15) is 9.40 Å². The van der Waals surface area contributed by atoms with Gasteiger partial charge in [0.1, 0.15) is 5.82 Å². The number of amides is 1. The third-order valence-electron chi connectivity index (χ3n) is 5.09. The number of nitrogens with one attached hydrogen (secondary N) is 1. The molecule has 0 bridgehead atoms. The molecule has 0 spiro atoms. The average Bonchev–Trinajstić information content (AvgIpc) is 3.02. The molecule has 1 N–H and O–H groups in total. The van der Waals surface area contributed by atoms with E-state index in [4.69, 9.17) is 0 Å². The second-order valence-corrected chi connectivity index (χ2v) is 9.71. The van der Waals surface area contributed by atoms with Crippen molar-refractivity contribution < 1.29 is 13.2 Å². The van der Waals surface area contributed by atoms with Crippen molar-refractivity contribution in [2.75, 3.05) is 18.4 Å². The van der Waals surface area contributed by atoms with Gasteiger partial charge in [-0.3, -0.25) is 4.79 Å². The zero-order valence-corrected chi connectivity index (χ0v) is 17.7. The fourth-order valence-electron chi connectivity index (χ4n) is 3.34. The molecule has 8 heteroatoms. The minimum absolute atomic E-state index is 0.115. The standard InChI is InChI=1S/C20H28N4O3S/c1-14(2)24-19(13-16(4)22-24)21-20(25)17-5-7-18(8-6-17)28(26,27)23-11-9-15(3)10-12-23/h5-8,13-15H,9-12H2,1-4H3,(H,21,25). The van der Waals surface area contributed by atoms with Crippen LogP contribution in [0.2, 0.25) is 0 Å². The molecule has 1 amide bonds. The van der Waals surface area contributed by atoms with E-state index in [1.54, 1.807) is 16.8 Å². The number of carbonyl (C=O) groups excluding carboxylic acids is 1. The van der Waals surface area contributed by atoms with E-state index < -0.39 is 10.0 Å². The number of aryl methyl sites for hydroxylation is 1. The zero-order valence-electron chi connectivity index (χ0n) is 16.8. The smallest absolute Gasteiger partial charge is 0.256 e. The SMILES string of the molecule is Cc1cc(NC(=O)c2ccc(S(=O)(=O)N3CCC(C)CC3)cc2)n(C(C)C)n1. The monoisotopic (exact) mass is 404 g/mol. The predicted octanol–water partition coefficient (Wildman–Crippen LogP) is 3.45. The van der Waals surface area contributed by atoms with Crippen LogP contribution in [0.15, 0.2) is 35.2 Å². The summed E-state index contributed by atoms with van der Waals surface area (Å²) in [4.78, 5) is 12.8. The Bertz CT molecular complexity index is 940. The number of nitrogens with zero attached hydrogens (tertiary/aromatic N) is 3. The maximum absolute atomic E-state index is 12.8. The van der Waals surface area contributed by atoms with Crippen LogP contribution >= 0.6 is 0 Å². The molecule has 0 saturated carbocycles. The molecule has 28 heavy (non-hydrogen) atoms. The molecule has 2 heterocycles. The number of hydrogen-bond acceptors (Lipinski definition) is 4. The third kappa shape index (κ3) is 4.28. The lowest BCUT2D eigenvalue weighted by Crippen LogP contribution is -2.37. The Morgan fingerprint density at radius 2 is 1.79 bits per heavy atom. The molecule has 3 rings (SSSR count). The van der Waals surface area contributed by atoms with Gasteiger partial charge in [-0.05, 0) is 63.8 Å². The largest absolute Gasteiger partial charge is 0.307 e. The van der Waals surface area contributed by atoms with E-state index in [-0.39, 0.29) is 16.8 Å². The summed E-state index contributed by atoms with van der Waals surface area (Å²) in [6, 6.07) is 8.05. The van der Waals surface area contributed by atoms with Crippen LogP contribution in [0.1, 0.15) is 55.7 Å². The maximum atomic E-state index is 12.8. The van der Waals surface area contributed by atoms with Crippen LogP contribution in [0.5, 0.6) is 0 Å². The van der Waals surface area contributed by atoms with Crippen molar-refractivity contribution in [3.63, 3.8) is 0 Å². The first-order valence-corrected chi connectivity index (χ1v) is 11.1. The predicted molar refractivity (Wildman–Crippen MR) is 109 cm³/mol. The van der Waals surface area contributed by atoms with Gasteiger partial charge >= 0.3 is 0 Å². The quantitative estimate of drug-likeness (QED) is 0.827. The molecule has 2 aromatic rings. The summed E-state index contributed by atoms with van der Waals surface area (Å²) in [6.45, 7) is 9.08. The number of rotatable bonds is 5. The van der Waals surface area contributed by atoms with Crippen LogP contribution in [0.4, 0.5) is 5.82 Å². The molecule has 0 aliphatic carbocycles. The summed E-state index contributed by atoms with van der Waals surface area (Å²) in [5.74, 6) is 0.884. The van der Waals surface area contributed by atoms with E-state index in [2.05, 4.69) is 17.3 Å². The first-order valence-electron chi connectivity index (χ1n) is 9.66. The molecular formula is C20H28N4O3S. The highest BCUT2D eigenvalue weighted by Gasteiger charge is 2.28. The molecule has 1 saturated heterocycles. The van der Waals surface area contributed by atoms with E-state index in [0.29, 0.717) is 30.4 Å². The van der Waals surface area contributed by atoms with Gasteiger partial charge < -0.3 is 5.32 Å². The molecule has 1 aromatic carbocycles. The Balaban J connectivity index is 1.74. The molecular weight excluding hydrogens is 376 g/mol. The van der Waals surface area contributed by atoms with E-state index in [1.165, 1.54) is 16.4 Å². The van der Waals surface area contributed by atoms with Gasteiger partial charge in [-0.15, -0.1) is 0 Å². The first-order chi connectivity index (χ1) is 13.2. The van der Waals surface area contributed by atoms with Gasteiger partial charge in [-0.1, -0.05) is 6.92 Å². The topological polar surface area (TPSA) is 84.3 Å². The number of benzene rings is 1. The van der Waals surface area contributed by atoms with Crippen molar-refractivity contribution >= 4 is 21.7 Å². The van der Waals surface area contributed by atoms with Crippen molar-refractivity contribution in [3.8, 4) is 0 Å². The van der Waals surface area contributed by atoms with Crippen molar-refractivity contribution in [1.29, 1.82) is 0 Å². The summed E-state index contributed by atoms with van der Waals surface area (Å²) in [5, 5.41) is 7.23. The fraction of sp³-hybridized carbons (Fsp3) is 0.500. The van der Waals surface area contributed by atoms with Crippen molar-refractivity contribution in [2.24, 2.45) is 5.92 Å². The lowest BCUT2D eigenvalue weighted by atomic mass is 10.0. The summed E-state index contributed by atoms with van der Waals surface area (Å²) in [6.07, 6.45) is 1.76. The molecule has 1 fully saturated rings. The van der Waals surface area contributed by atoms with Crippen molar-refractivity contribution in [2.45, 2.75) is 51.5 Å². The highest BCUT2D eigenvalue weighted by atomic mass is 32.2. The van der Waals surface area contributed by atoms with Crippen LogP contribution in [-0.2, 0) is 10.0 Å². The van der Waals surface area contributed by atoms with Crippen molar-refractivity contribution in [1.82, 2.24) is 14.1 Å². The second-order valence-electron chi connectivity index (χ2n) is 7.77. The Morgan fingerprint density at radius 1 is 1.18 bits per heavy atom.